The molecule has 2 amide bonds. The molecule has 128 valence electrons. The highest BCUT2D eigenvalue weighted by Gasteiger charge is 2.14. The molecule has 0 spiro atoms. The van der Waals surface area contributed by atoms with Crippen LogP contribution in [0.15, 0.2) is 18.2 Å². The van der Waals surface area contributed by atoms with Gasteiger partial charge in [-0.05, 0) is 30.5 Å². The van der Waals surface area contributed by atoms with E-state index in [0.717, 1.165) is 6.42 Å². The van der Waals surface area contributed by atoms with Crippen molar-refractivity contribution in [2.45, 2.75) is 26.3 Å². The fourth-order valence-corrected chi connectivity index (χ4v) is 2.13. The molecule has 0 aromatic heterocycles. The van der Waals surface area contributed by atoms with Gasteiger partial charge in [0.05, 0.1) is 16.6 Å². The smallest absolute Gasteiger partial charge is 0.251 e. The molecule has 1 unspecified atom stereocenters. The summed E-state index contributed by atoms with van der Waals surface area (Å²) >= 11 is 11.7. The standard InChI is InChI=1S/C16H23Cl2N3O2/c1-10(2)14(19)6-7-21(3)15(22)9-20-16(23)11-4-5-12(17)13(18)8-11/h4-5,8,10,14H,6-7,9,19H2,1-3H3,(H,20,23). The monoisotopic (exact) mass is 359 g/mol. The maximum Gasteiger partial charge on any atom is 0.251 e. The van der Waals surface area contributed by atoms with Crippen molar-refractivity contribution in [2.24, 2.45) is 11.7 Å². The molecule has 0 radical (unpaired) electrons. The first-order valence-electron chi connectivity index (χ1n) is 7.45. The minimum Gasteiger partial charge on any atom is -0.344 e. The van der Waals surface area contributed by atoms with E-state index in [1.165, 1.54) is 6.07 Å². The third-order valence-electron chi connectivity index (χ3n) is 3.66. The van der Waals surface area contributed by atoms with Crippen LogP contribution in [-0.2, 0) is 4.79 Å². The molecular weight excluding hydrogens is 337 g/mol. The maximum absolute atomic E-state index is 12.0. The summed E-state index contributed by atoms with van der Waals surface area (Å²) in [4.78, 5) is 25.6. The van der Waals surface area contributed by atoms with Gasteiger partial charge >= 0.3 is 0 Å². The highest BCUT2D eigenvalue weighted by atomic mass is 35.5. The van der Waals surface area contributed by atoms with Gasteiger partial charge in [0, 0.05) is 25.2 Å². The number of hydrogen-bond donors (Lipinski definition) is 2. The Hall–Kier alpha value is -1.30. The maximum atomic E-state index is 12.0. The summed E-state index contributed by atoms with van der Waals surface area (Å²) in [6, 6.07) is 4.62. The van der Waals surface area contributed by atoms with Gasteiger partial charge in [0.15, 0.2) is 0 Å². The van der Waals surface area contributed by atoms with Crippen LogP contribution in [0.1, 0.15) is 30.6 Å². The Bertz CT molecular complexity index is 564. The van der Waals surface area contributed by atoms with Crippen LogP contribution in [0.3, 0.4) is 0 Å². The van der Waals surface area contributed by atoms with Gasteiger partial charge in [-0.25, -0.2) is 0 Å². The second-order valence-electron chi connectivity index (χ2n) is 5.82. The van der Waals surface area contributed by atoms with Crippen molar-refractivity contribution in [1.29, 1.82) is 0 Å². The van der Waals surface area contributed by atoms with Gasteiger partial charge in [-0.1, -0.05) is 37.0 Å². The summed E-state index contributed by atoms with van der Waals surface area (Å²) in [7, 11) is 1.70. The van der Waals surface area contributed by atoms with Crippen LogP contribution in [0, 0.1) is 5.92 Å². The third kappa shape index (κ3) is 6.37. The molecule has 7 heteroatoms. The largest absolute Gasteiger partial charge is 0.344 e. The Morgan fingerprint density at radius 1 is 1.26 bits per heavy atom. The number of carbonyl (C=O) groups excluding carboxylic acids is 2. The van der Waals surface area contributed by atoms with Crippen LogP contribution in [0.5, 0.6) is 0 Å². The van der Waals surface area contributed by atoms with Gasteiger partial charge in [0.1, 0.15) is 0 Å². The normalized spacial score (nSPS) is 12.1. The van der Waals surface area contributed by atoms with Crippen molar-refractivity contribution >= 4 is 35.0 Å². The molecule has 0 fully saturated rings. The predicted octanol–water partition coefficient (Wildman–Crippen LogP) is 2.56. The zero-order chi connectivity index (χ0) is 17.6. The number of benzene rings is 1. The number of carbonyl (C=O) groups is 2. The van der Waals surface area contributed by atoms with Crippen LogP contribution in [0.25, 0.3) is 0 Å². The van der Waals surface area contributed by atoms with Crippen LogP contribution < -0.4 is 11.1 Å². The number of nitrogens with two attached hydrogens (primary N) is 1. The molecule has 0 saturated carbocycles. The van der Waals surface area contributed by atoms with E-state index in [-0.39, 0.29) is 24.4 Å². The number of hydrogen-bond acceptors (Lipinski definition) is 3. The number of halogens is 2. The molecule has 1 atom stereocenters. The molecule has 0 bridgehead atoms. The molecule has 3 N–H and O–H groups in total. The van der Waals surface area contributed by atoms with Gasteiger partial charge in [-0.15, -0.1) is 0 Å². The summed E-state index contributed by atoms with van der Waals surface area (Å²) in [5.41, 5.74) is 6.32. The van der Waals surface area contributed by atoms with E-state index in [0.29, 0.717) is 28.1 Å². The minimum atomic E-state index is -0.371. The summed E-state index contributed by atoms with van der Waals surface area (Å²) in [5.74, 6) is -0.175. The number of rotatable bonds is 7. The second kappa shape index (κ2) is 9.11. The molecular formula is C16H23Cl2N3O2. The number of nitrogens with one attached hydrogen (secondary N) is 1. The van der Waals surface area contributed by atoms with Gasteiger partial charge in [-0.2, -0.15) is 0 Å². The van der Waals surface area contributed by atoms with E-state index in [2.05, 4.69) is 5.32 Å². The van der Waals surface area contributed by atoms with Crippen LogP contribution in [0.4, 0.5) is 0 Å². The summed E-state index contributed by atoms with van der Waals surface area (Å²) in [6.45, 7) is 4.57. The molecule has 1 aromatic carbocycles. The fourth-order valence-electron chi connectivity index (χ4n) is 1.83. The lowest BCUT2D eigenvalue weighted by molar-refractivity contribution is -0.128. The molecule has 0 aliphatic rings. The highest BCUT2D eigenvalue weighted by Crippen LogP contribution is 2.22. The van der Waals surface area contributed by atoms with E-state index >= 15 is 0 Å². The van der Waals surface area contributed by atoms with E-state index in [4.69, 9.17) is 28.9 Å². The first-order valence-corrected chi connectivity index (χ1v) is 8.20. The summed E-state index contributed by atoms with van der Waals surface area (Å²) in [6.07, 6.45) is 0.723. The number of nitrogens with zero attached hydrogens (tertiary/aromatic N) is 1. The Morgan fingerprint density at radius 3 is 2.48 bits per heavy atom. The van der Waals surface area contributed by atoms with Crippen molar-refractivity contribution in [1.82, 2.24) is 10.2 Å². The van der Waals surface area contributed by atoms with Crippen LogP contribution in [-0.4, -0.2) is 42.9 Å². The fraction of sp³-hybridized carbons (Fsp3) is 0.500. The van der Waals surface area contributed by atoms with E-state index in [1.54, 1.807) is 24.1 Å². The van der Waals surface area contributed by atoms with Gasteiger partial charge < -0.3 is 16.0 Å². The van der Waals surface area contributed by atoms with E-state index in [1.807, 2.05) is 13.8 Å². The van der Waals surface area contributed by atoms with Gasteiger partial charge in [-0.3, -0.25) is 9.59 Å². The number of amides is 2. The SMILES string of the molecule is CC(C)C(N)CCN(C)C(=O)CNC(=O)c1ccc(Cl)c(Cl)c1. The van der Waals surface area contributed by atoms with Crippen molar-refractivity contribution in [3.05, 3.63) is 33.8 Å². The molecule has 0 aliphatic carbocycles. The highest BCUT2D eigenvalue weighted by molar-refractivity contribution is 6.42. The topological polar surface area (TPSA) is 75.4 Å². The molecule has 0 heterocycles. The molecule has 23 heavy (non-hydrogen) atoms. The van der Waals surface area contributed by atoms with Crippen molar-refractivity contribution in [3.8, 4) is 0 Å². The van der Waals surface area contributed by atoms with Crippen molar-refractivity contribution in [3.63, 3.8) is 0 Å². The third-order valence-corrected chi connectivity index (χ3v) is 4.40. The average Bonchev–Trinajstić information content (AvgIpc) is 2.51. The Balaban J connectivity index is 2.45. The van der Waals surface area contributed by atoms with Gasteiger partial charge in [0.25, 0.3) is 5.91 Å². The first kappa shape index (κ1) is 19.7. The second-order valence-corrected chi connectivity index (χ2v) is 6.64. The molecule has 1 rings (SSSR count). The first-order chi connectivity index (χ1) is 10.7. The quantitative estimate of drug-likeness (QED) is 0.785. The minimum absolute atomic E-state index is 0.0519. The van der Waals surface area contributed by atoms with Gasteiger partial charge in [0.2, 0.25) is 5.91 Å². The van der Waals surface area contributed by atoms with Crippen molar-refractivity contribution in [2.75, 3.05) is 20.1 Å². The van der Waals surface area contributed by atoms with Crippen LogP contribution in [0.2, 0.25) is 10.0 Å². The lowest BCUT2D eigenvalue weighted by atomic mass is 10.0. The lowest BCUT2D eigenvalue weighted by Gasteiger charge is -2.21. The predicted molar refractivity (Wildman–Crippen MR) is 93.9 cm³/mol. The lowest BCUT2D eigenvalue weighted by Crippen LogP contribution is -2.40. The average molecular weight is 360 g/mol. The zero-order valence-electron chi connectivity index (χ0n) is 13.6. The van der Waals surface area contributed by atoms with Crippen LogP contribution >= 0.6 is 23.2 Å². The molecule has 1 aromatic rings. The molecule has 0 aliphatic heterocycles. The molecule has 5 nitrogen and oxygen atoms in total. The Kier molecular flexibility index (Phi) is 7.82. The van der Waals surface area contributed by atoms with E-state index < -0.39 is 0 Å². The molecule has 0 saturated heterocycles. The Labute approximate surface area is 147 Å². The number of likely N-dealkylation sites (N-methyl/N-ethyl adjacent to an activating group) is 1. The summed E-state index contributed by atoms with van der Waals surface area (Å²) < 4.78 is 0. The Morgan fingerprint density at radius 2 is 1.91 bits per heavy atom. The van der Waals surface area contributed by atoms with Crippen molar-refractivity contribution < 1.29 is 9.59 Å². The van der Waals surface area contributed by atoms with E-state index in [9.17, 15) is 9.59 Å². The summed E-state index contributed by atoms with van der Waals surface area (Å²) in [5, 5.41) is 3.25. The zero-order valence-corrected chi connectivity index (χ0v) is 15.1.